The Kier molecular flexibility index (Phi) is 4.07. The molecule has 3 heterocycles. The van der Waals surface area contributed by atoms with E-state index in [1.54, 1.807) is 4.57 Å². The monoisotopic (exact) mass is 397 g/mol. The number of aromatic nitrogens is 3. The fourth-order valence-corrected chi connectivity index (χ4v) is 4.28. The molecule has 30 heavy (non-hydrogen) atoms. The summed E-state index contributed by atoms with van der Waals surface area (Å²) in [6.07, 6.45) is 7.80. The highest BCUT2D eigenvalue weighted by Crippen LogP contribution is 2.40. The standard InChI is InChI=1S/C25H23N3O2/c1-15-5-7-23-17(9-15)19(11-26-23)20-12-27(3)13-21(20)22-14-28(25(29)30-4)24-8-6-16(2)10-18(22)24/h5-14,26H,1-4H3. The Labute approximate surface area is 174 Å². The summed E-state index contributed by atoms with van der Waals surface area (Å²) in [4.78, 5) is 15.8. The number of H-pyrrole nitrogens is 1. The molecule has 0 aliphatic heterocycles. The number of hydrogen-bond acceptors (Lipinski definition) is 2. The second-order valence-electron chi connectivity index (χ2n) is 7.91. The van der Waals surface area contributed by atoms with Crippen LogP contribution in [0.4, 0.5) is 4.79 Å². The quantitative estimate of drug-likeness (QED) is 0.396. The fraction of sp³-hybridized carbons (Fsp3) is 0.160. The Bertz CT molecular complexity index is 1430. The van der Waals surface area contributed by atoms with Crippen LogP contribution >= 0.6 is 0 Å². The van der Waals surface area contributed by atoms with Gasteiger partial charge in [-0.15, -0.1) is 0 Å². The van der Waals surface area contributed by atoms with E-state index in [1.165, 1.54) is 18.1 Å². The molecule has 0 radical (unpaired) electrons. The first-order chi connectivity index (χ1) is 14.5. The van der Waals surface area contributed by atoms with E-state index in [4.69, 9.17) is 4.74 Å². The Morgan fingerprint density at radius 3 is 2.27 bits per heavy atom. The molecule has 5 aromatic rings. The fourth-order valence-electron chi connectivity index (χ4n) is 4.28. The van der Waals surface area contributed by atoms with Crippen LogP contribution in [0.3, 0.4) is 0 Å². The summed E-state index contributed by atoms with van der Waals surface area (Å²) < 4.78 is 8.67. The number of ether oxygens (including phenoxy) is 1. The summed E-state index contributed by atoms with van der Waals surface area (Å²) in [5, 5.41) is 2.22. The molecule has 0 aliphatic rings. The molecule has 0 unspecified atom stereocenters. The molecule has 0 fully saturated rings. The summed E-state index contributed by atoms with van der Waals surface area (Å²) in [5.41, 5.74) is 8.68. The normalized spacial score (nSPS) is 11.5. The van der Waals surface area contributed by atoms with E-state index in [-0.39, 0.29) is 0 Å². The minimum absolute atomic E-state index is 0.393. The molecular formula is C25H23N3O2. The van der Waals surface area contributed by atoms with Crippen molar-refractivity contribution in [1.29, 1.82) is 0 Å². The van der Waals surface area contributed by atoms with Gasteiger partial charge in [0, 0.05) is 70.4 Å². The van der Waals surface area contributed by atoms with Crippen LogP contribution in [0.1, 0.15) is 11.1 Å². The first kappa shape index (κ1) is 18.3. The van der Waals surface area contributed by atoms with Crippen molar-refractivity contribution in [3.05, 3.63) is 72.3 Å². The van der Waals surface area contributed by atoms with Crippen molar-refractivity contribution in [2.24, 2.45) is 7.05 Å². The molecule has 0 spiro atoms. The van der Waals surface area contributed by atoms with Crippen LogP contribution in [0, 0.1) is 13.8 Å². The van der Waals surface area contributed by atoms with E-state index in [0.717, 1.165) is 44.2 Å². The van der Waals surface area contributed by atoms with Gasteiger partial charge in [0.1, 0.15) is 0 Å². The Morgan fingerprint density at radius 2 is 1.53 bits per heavy atom. The third-order valence-corrected chi connectivity index (χ3v) is 5.70. The van der Waals surface area contributed by atoms with Crippen LogP contribution in [-0.4, -0.2) is 27.3 Å². The number of nitrogens with one attached hydrogen (secondary N) is 1. The molecule has 150 valence electrons. The molecule has 0 saturated carbocycles. The number of nitrogens with zero attached hydrogens (tertiary/aromatic N) is 2. The number of aromatic amines is 1. The minimum Gasteiger partial charge on any atom is -0.452 e. The van der Waals surface area contributed by atoms with Crippen molar-refractivity contribution in [2.75, 3.05) is 7.11 Å². The van der Waals surface area contributed by atoms with Crippen LogP contribution in [0.5, 0.6) is 0 Å². The van der Waals surface area contributed by atoms with E-state index in [0.29, 0.717) is 0 Å². The predicted octanol–water partition coefficient (Wildman–Crippen LogP) is 6.03. The summed E-state index contributed by atoms with van der Waals surface area (Å²) in [7, 11) is 3.43. The largest absolute Gasteiger partial charge is 0.452 e. The molecule has 1 N–H and O–H groups in total. The summed E-state index contributed by atoms with van der Waals surface area (Å²) in [6.45, 7) is 4.17. The Balaban J connectivity index is 1.81. The number of rotatable bonds is 2. The van der Waals surface area contributed by atoms with Crippen LogP contribution in [0.15, 0.2) is 61.2 Å². The highest BCUT2D eigenvalue weighted by atomic mass is 16.5. The van der Waals surface area contributed by atoms with Crippen molar-refractivity contribution >= 4 is 27.9 Å². The minimum atomic E-state index is -0.393. The molecule has 0 saturated heterocycles. The molecule has 5 nitrogen and oxygen atoms in total. The number of aryl methyl sites for hydroxylation is 3. The second-order valence-corrected chi connectivity index (χ2v) is 7.91. The molecule has 5 rings (SSSR count). The van der Waals surface area contributed by atoms with Gasteiger partial charge in [-0.3, -0.25) is 4.57 Å². The van der Waals surface area contributed by atoms with Gasteiger partial charge in [-0.2, -0.15) is 0 Å². The third kappa shape index (κ3) is 2.74. The zero-order valence-corrected chi connectivity index (χ0v) is 17.5. The van der Waals surface area contributed by atoms with Gasteiger partial charge >= 0.3 is 6.09 Å². The molecule has 0 bridgehead atoms. The third-order valence-electron chi connectivity index (χ3n) is 5.70. The van der Waals surface area contributed by atoms with Gasteiger partial charge in [0.2, 0.25) is 0 Å². The average Bonchev–Trinajstić information content (AvgIpc) is 3.41. The number of fused-ring (bicyclic) bond motifs is 2. The van der Waals surface area contributed by atoms with Gasteiger partial charge in [0.25, 0.3) is 0 Å². The lowest BCUT2D eigenvalue weighted by Crippen LogP contribution is -2.09. The van der Waals surface area contributed by atoms with Crippen molar-refractivity contribution in [2.45, 2.75) is 13.8 Å². The highest BCUT2D eigenvalue weighted by Gasteiger charge is 2.20. The van der Waals surface area contributed by atoms with Gasteiger partial charge in [0.15, 0.2) is 0 Å². The van der Waals surface area contributed by atoms with Crippen LogP contribution in [0.2, 0.25) is 0 Å². The predicted molar refractivity (Wildman–Crippen MR) is 121 cm³/mol. The summed E-state index contributed by atoms with van der Waals surface area (Å²) in [6, 6.07) is 12.5. The number of benzene rings is 2. The first-order valence-electron chi connectivity index (χ1n) is 9.90. The zero-order chi connectivity index (χ0) is 21.0. The molecule has 5 heteroatoms. The van der Waals surface area contributed by atoms with Gasteiger partial charge in [0.05, 0.1) is 12.6 Å². The lowest BCUT2D eigenvalue weighted by atomic mass is 9.97. The topological polar surface area (TPSA) is 51.9 Å². The van der Waals surface area contributed by atoms with E-state index < -0.39 is 6.09 Å². The number of carbonyl (C=O) groups is 1. The second kappa shape index (κ2) is 6.66. The van der Waals surface area contributed by atoms with Crippen molar-refractivity contribution in [3.63, 3.8) is 0 Å². The zero-order valence-electron chi connectivity index (χ0n) is 17.5. The molecular weight excluding hydrogens is 374 g/mol. The summed E-state index contributed by atoms with van der Waals surface area (Å²) >= 11 is 0. The summed E-state index contributed by atoms with van der Waals surface area (Å²) in [5.74, 6) is 0. The van der Waals surface area contributed by atoms with E-state index >= 15 is 0 Å². The highest BCUT2D eigenvalue weighted by molar-refractivity contribution is 6.06. The molecule has 0 atom stereocenters. The van der Waals surface area contributed by atoms with Crippen LogP contribution in [0.25, 0.3) is 44.1 Å². The van der Waals surface area contributed by atoms with Crippen LogP contribution in [-0.2, 0) is 11.8 Å². The van der Waals surface area contributed by atoms with Gasteiger partial charge in [-0.1, -0.05) is 23.3 Å². The number of carbonyl (C=O) groups excluding carboxylic acids is 1. The molecule has 0 amide bonds. The maximum Gasteiger partial charge on any atom is 0.418 e. The SMILES string of the molecule is COC(=O)n1cc(-c2cn(C)cc2-c2c[nH]c3ccc(C)cc23)c2cc(C)ccc21. The average molecular weight is 397 g/mol. The van der Waals surface area contributed by atoms with Crippen molar-refractivity contribution < 1.29 is 9.53 Å². The Hall–Kier alpha value is -3.73. The van der Waals surface area contributed by atoms with E-state index in [9.17, 15) is 4.79 Å². The van der Waals surface area contributed by atoms with E-state index in [2.05, 4.69) is 66.3 Å². The lowest BCUT2D eigenvalue weighted by molar-refractivity contribution is 0.174. The van der Waals surface area contributed by atoms with E-state index in [1.807, 2.05) is 25.4 Å². The smallest absolute Gasteiger partial charge is 0.418 e. The van der Waals surface area contributed by atoms with Gasteiger partial charge < -0.3 is 14.3 Å². The van der Waals surface area contributed by atoms with Crippen molar-refractivity contribution in [3.8, 4) is 22.3 Å². The van der Waals surface area contributed by atoms with Crippen molar-refractivity contribution in [1.82, 2.24) is 14.1 Å². The van der Waals surface area contributed by atoms with Gasteiger partial charge in [-0.05, 0) is 38.1 Å². The number of hydrogen-bond donors (Lipinski definition) is 1. The first-order valence-corrected chi connectivity index (χ1v) is 9.90. The molecule has 2 aromatic carbocycles. The molecule has 0 aliphatic carbocycles. The number of methoxy groups -OCH3 is 1. The Morgan fingerprint density at radius 1 is 0.867 bits per heavy atom. The maximum atomic E-state index is 12.4. The van der Waals surface area contributed by atoms with Crippen LogP contribution < -0.4 is 0 Å². The maximum absolute atomic E-state index is 12.4. The van der Waals surface area contributed by atoms with Gasteiger partial charge in [-0.25, -0.2) is 4.79 Å². The lowest BCUT2D eigenvalue weighted by Gasteiger charge is -2.04. The molecule has 3 aromatic heterocycles.